The first-order chi connectivity index (χ1) is 9.29. The molecule has 1 N–H and O–H groups in total. The van der Waals surface area contributed by atoms with Crippen molar-refractivity contribution in [2.45, 2.75) is 64.5 Å². The van der Waals surface area contributed by atoms with Crippen molar-refractivity contribution in [3.8, 4) is 0 Å². The van der Waals surface area contributed by atoms with Crippen molar-refractivity contribution in [2.75, 3.05) is 39.3 Å². The van der Waals surface area contributed by atoms with E-state index in [0.717, 1.165) is 12.1 Å². The van der Waals surface area contributed by atoms with Gasteiger partial charge in [-0.15, -0.1) is 0 Å². The summed E-state index contributed by atoms with van der Waals surface area (Å²) in [4.78, 5) is 5.39. The van der Waals surface area contributed by atoms with Gasteiger partial charge in [-0.05, 0) is 65.2 Å². The van der Waals surface area contributed by atoms with Crippen LogP contribution >= 0.6 is 0 Å². The first-order valence-electron chi connectivity index (χ1n) is 8.49. The molecular weight excluding hydrogens is 234 g/mol. The Balaban J connectivity index is 1.72. The fourth-order valence-electron chi connectivity index (χ4n) is 3.55. The first-order valence-corrected chi connectivity index (χ1v) is 8.49. The number of hydrogen-bond donors (Lipinski definition) is 1. The minimum absolute atomic E-state index is 0.726. The van der Waals surface area contributed by atoms with Gasteiger partial charge < -0.3 is 10.2 Å². The Morgan fingerprint density at radius 3 is 2.63 bits per heavy atom. The molecule has 2 heterocycles. The summed E-state index contributed by atoms with van der Waals surface area (Å²) in [5.74, 6) is 0. The van der Waals surface area contributed by atoms with Gasteiger partial charge in [-0.3, -0.25) is 4.90 Å². The molecule has 0 amide bonds. The maximum Gasteiger partial charge on any atom is 0.0195 e. The largest absolute Gasteiger partial charge is 0.313 e. The minimum atomic E-state index is 0.726. The van der Waals surface area contributed by atoms with E-state index in [0.29, 0.717) is 0 Å². The zero-order chi connectivity index (χ0) is 13.5. The predicted molar refractivity (Wildman–Crippen MR) is 82.6 cm³/mol. The Morgan fingerprint density at radius 1 is 1.11 bits per heavy atom. The van der Waals surface area contributed by atoms with Gasteiger partial charge in [-0.25, -0.2) is 0 Å². The van der Waals surface area contributed by atoms with Gasteiger partial charge in [0.15, 0.2) is 0 Å². The summed E-state index contributed by atoms with van der Waals surface area (Å²) in [6.07, 6.45) is 8.25. The maximum atomic E-state index is 3.70. The molecule has 2 unspecified atom stereocenters. The third-order valence-corrected chi connectivity index (χ3v) is 4.73. The van der Waals surface area contributed by atoms with Crippen molar-refractivity contribution < 1.29 is 0 Å². The molecule has 2 saturated heterocycles. The van der Waals surface area contributed by atoms with Crippen LogP contribution in [0.3, 0.4) is 0 Å². The normalized spacial score (nSPS) is 28.4. The second kappa shape index (κ2) is 8.23. The van der Waals surface area contributed by atoms with Crippen LogP contribution in [0, 0.1) is 0 Å². The summed E-state index contributed by atoms with van der Waals surface area (Å²) in [6.45, 7) is 12.4. The number of nitrogens with zero attached hydrogens (tertiary/aromatic N) is 2. The summed E-state index contributed by atoms with van der Waals surface area (Å²) in [7, 11) is 0. The molecule has 0 aromatic carbocycles. The lowest BCUT2D eigenvalue weighted by Crippen LogP contribution is -2.52. The van der Waals surface area contributed by atoms with Crippen LogP contribution in [0.4, 0.5) is 0 Å². The zero-order valence-corrected chi connectivity index (χ0v) is 13.0. The van der Waals surface area contributed by atoms with Crippen LogP contribution in [0.1, 0.15) is 52.4 Å². The molecule has 112 valence electrons. The lowest BCUT2D eigenvalue weighted by Gasteiger charge is -2.39. The fourth-order valence-corrected chi connectivity index (χ4v) is 3.55. The average molecular weight is 267 g/mol. The highest BCUT2D eigenvalue weighted by Crippen LogP contribution is 2.16. The molecule has 0 saturated carbocycles. The molecule has 0 spiro atoms. The topological polar surface area (TPSA) is 18.5 Å². The predicted octanol–water partition coefficient (Wildman–Crippen LogP) is 2.32. The van der Waals surface area contributed by atoms with E-state index in [2.05, 4.69) is 29.0 Å². The van der Waals surface area contributed by atoms with Crippen LogP contribution < -0.4 is 5.32 Å². The third kappa shape index (κ3) is 5.05. The van der Waals surface area contributed by atoms with E-state index in [1.807, 2.05) is 0 Å². The lowest BCUT2D eigenvalue weighted by molar-refractivity contribution is 0.103. The van der Waals surface area contributed by atoms with Crippen LogP contribution in [0.15, 0.2) is 0 Å². The molecule has 0 bridgehead atoms. The highest BCUT2D eigenvalue weighted by atomic mass is 15.2. The van der Waals surface area contributed by atoms with Crippen LogP contribution in [0.25, 0.3) is 0 Å². The Bertz CT molecular complexity index is 238. The van der Waals surface area contributed by atoms with Crippen molar-refractivity contribution in [2.24, 2.45) is 0 Å². The molecular formula is C16H33N3. The van der Waals surface area contributed by atoms with E-state index in [9.17, 15) is 0 Å². The van der Waals surface area contributed by atoms with Crippen LogP contribution in [0.5, 0.6) is 0 Å². The lowest BCUT2D eigenvalue weighted by atomic mass is 10.0. The summed E-state index contributed by atoms with van der Waals surface area (Å²) in [5.41, 5.74) is 0. The Morgan fingerprint density at radius 2 is 1.89 bits per heavy atom. The Labute approximate surface area is 119 Å². The summed E-state index contributed by atoms with van der Waals surface area (Å²) in [5, 5.41) is 3.70. The molecule has 3 nitrogen and oxygen atoms in total. The molecule has 2 aliphatic heterocycles. The van der Waals surface area contributed by atoms with Crippen molar-refractivity contribution in [3.05, 3.63) is 0 Å². The van der Waals surface area contributed by atoms with Crippen molar-refractivity contribution >= 4 is 0 Å². The van der Waals surface area contributed by atoms with Gasteiger partial charge in [0.05, 0.1) is 0 Å². The number of likely N-dealkylation sites (tertiary alicyclic amines) is 2. The van der Waals surface area contributed by atoms with Crippen LogP contribution in [-0.2, 0) is 0 Å². The highest BCUT2D eigenvalue weighted by molar-refractivity contribution is 4.83. The van der Waals surface area contributed by atoms with Gasteiger partial charge in [-0.2, -0.15) is 0 Å². The Hall–Kier alpha value is -0.120. The van der Waals surface area contributed by atoms with Crippen molar-refractivity contribution in [3.63, 3.8) is 0 Å². The summed E-state index contributed by atoms with van der Waals surface area (Å²) < 4.78 is 0. The smallest absolute Gasteiger partial charge is 0.0195 e. The van der Waals surface area contributed by atoms with Gasteiger partial charge >= 0.3 is 0 Å². The third-order valence-electron chi connectivity index (χ3n) is 4.73. The molecule has 2 rings (SSSR count). The first kappa shape index (κ1) is 15.3. The molecule has 2 aliphatic rings. The van der Waals surface area contributed by atoms with Gasteiger partial charge in [0.25, 0.3) is 0 Å². The van der Waals surface area contributed by atoms with Gasteiger partial charge in [0.2, 0.25) is 0 Å². The number of piperidine rings is 2. The second-order valence-corrected chi connectivity index (χ2v) is 6.50. The van der Waals surface area contributed by atoms with E-state index >= 15 is 0 Å². The van der Waals surface area contributed by atoms with Crippen LogP contribution in [-0.4, -0.2) is 61.2 Å². The summed E-state index contributed by atoms with van der Waals surface area (Å²) in [6, 6.07) is 1.46. The number of hydrogen-bond acceptors (Lipinski definition) is 3. The quantitative estimate of drug-likeness (QED) is 0.797. The summed E-state index contributed by atoms with van der Waals surface area (Å²) >= 11 is 0. The van der Waals surface area contributed by atoms with Gasteiger partial charge in [0.1, 0.15) is 0 Å². The molecule has 0 aliphatic carbocycles. The number of rotatable bonds is 6. The number of nitrogens with one attached hydrogen (secondary N) is 1. The van der Waals surface area contributed by atoms with E-state index in [4.69, 9.17) is 0 Å². The second-order valence-electron chi connectivity index (χ2n) is 6.50. The molecule has 0 radical (unpaired) electrons. The molecule has 0 aromatic heterocycles. The van der Waals surface area contributed by atoms with E-state index in [-0.39, 0.29) is 0 Å². The van der Waals surface area contributed by atoms with Gasteiger partial charge in [-0.1, -0.05) is 13.3 Å². The average Bonchev–Trinajstić information content (AvgIpc) is 2.46. The SMILES string of the molecule is CCCNC1CCCN(C(C)CN2CCCCC2)C1. The van der Waals surface area contributed by atoms with E-state index < -0.39 is 0 Å². The Kier molecular flexibility index (Phi) is 6.62. The monoisotopic (exact) mass is 267 g/mol. The van der Waals surface area contributed by atoms with Crippen molar-refractivity contribution in [1.82, 2.24) is 15.1 Å². The van der Waals surface area contributed by atoms with Crippen LogP contribution in [0.2, 0.25) is 0 Å². The van der Waals surface area contributed by atoms with Gasteiger partial charge in [0, 0.05) is 25.2 Å². The zero-order valence-electron chi connectivity index (χ0n) is 13.0. The standard InChI is InChI=1S/C16H33N3/c1-3-9-17-16-8-7-12-19(14-16)15(2)13-18-10-5-4-6-11-18/h15-17H,3-14H2,1-2H3. The van der Waals surface area contributed by atoms with E-state index in [1.165, 1.54) is 77.8 Å². The fraction of sp³-hybridized carbons (Fsp3) is 1.00. The molecule has 19 heavy (non-hydrogen) atoms. The van der Waals surface area contributed by atoms with Crippen molar-refractivity contribution in [1.29, 1.82) is 0 Å². The molecule has 3 heteroatoms. The molecule has 2 fully saturated rings. The highest BCUT2D eigenvalue weighted by Gasteiger charge is 2.24. The minimum Gasteiger partial charge on any atom is -0.313 e. The molecule has 0 aromatic rings. The van der Waals surface area contributed by atoms with E-state index in [1.54, 1.807) is 0 Å². The maximum absolute atomic E-state index is 3.70. The molecule has 2 atom stereocenters.